The molecule has 1 aromatic heterocycles. The van der Waals surface area contributed by atoms with Gasteiger partial charge >= 0.3 is 0 Å². The fourth-order valence-electron chi connectivity index (χ4n) is 3.65. The predicted molar refractivity (Wildman–Crippen MR) is 80.8 cm³/mol. The summed E-state index contributed by atoms with van der Waals surface area (Å²) in [5.74, 6) is 1.57. The van der Waals surface area contributed by atoms with Gasteiger partial charge in [-0.1, -0.05) is 24.4 Å². The van der Waals surface area contributed by atoms with Crippen LogP contribution in [0.5, 0.6) is 0 Å². The first-order valence-electron chi connectivity index (χ1n) is 8.16. The summed E-state index contributed by atoms with van der Waals surface area (Å²) in [6, 6.07) is 0.219. The lowest BCUT2D eigenvalue weighted by Gasteiger charge is -2.35. The molecule has 1 atom stereocenters. The highest BCUT2D eigenvalue weighted by Gasteiger charge is 2.33. The molecule has 1 unspecified atom stereocenters. The van der Waals surface area contributed by atoms with Crippen molar-refractivity contribution in [3.8, 4) is 0 Å². The fourth-order valence-corrected chi connectivity index (χ4v) is 3.65. The lowest BCUT2D eigenvalue weighted by molar-refractivity contribution is 0.176. The molecule has 6 nitrogen and oxygen atoms in total. The number of hydrogen-bond donors (Lipinski definition) is 2. The highest BCUT2D eigenvalue weighted by atomic mass is 16.5. The first-order chi connectivity index (χ1) is 10.2. The SMILES string of the molecule is CN1CCNCC1c1noc(CC2(CN)CCCCC2)n1. The summed E-state index contributed by atoms with van der Waals surface area (Å²) in [5, 5.41) is 7.60. The average Bonchev–Trinajstić information content (AvgIpc) is 2.97. The second-order valence-corrected chi connectivity index (χ2v) is 6.69. The second-order valence-electron chi connectivity index (χ2n) is 6.69. The molecule has 0 amide bonds. The van der Waals surface area contributed by atoms with Crippen molar-refractivity contribution in [2.24, 2.45) is 11.1 Å². The molecular weight excluding hydrogens is 266 g/mol. The van der Waals surface area contributed by atoms with E-state index in [1.54, 1.807) is 0 Å². The van der Waals surface area contributed by atoms with Gasteiger partial charge in [0.15, 0.2) is 5.82 Å². The minimum Gasteiger partial charge on any atom is -0.339 e. The van der Waals surface area contributed by atoms with Crippen molar-refractivity contribution in [1.29, 1.82) is 0 Å². The van der Waals surface area contributed by atoms with Crippen molar-refractivity contribution in [2.75, 3.05) is 33.2 Å². The van der Waals surface area contributed by atoms with Crippen LogP contribution >= 0.6 is 0 Å². The Kier molecular flexibility index (Phi) is 4.57. The Bertz CT molecular complexity index is 455. The smallest absolute Gasteiger partial charge is 0.227 e. The van der Waals surface area contributed by atoms with Crippen LogP contribution in [0.4, 0.5) is 0 Å². The van der Waals surface area contributed by atoms with Crippen LogP contribution in [-0.2, 0) is 6.42 Å². The van der Waals surface area contributed by atoms with Gasteiger partial charge in [0.1, 0.15) is 0 Å². The minimum absolute atomic E-state index is 0.179. The highest BCUT2D eigenvalue weighted by Crippen LogP contribution is 2.38. The molecule has 1 saturated heterocycles. The number of aromatic nitrogens is 2. The Morgan fingerprint density at radius 2 is 2.19 bits per heavy atom. The molecular formula is C15H27N5O. The monoisotopic (exact) mass is 293 g/mol. The number of hydrogen-bond acceptors (Lipinski definition) is 6. The van der Waals surface area contributed by atoms with E-state index >= 15 is 0 Å². The average molecular weight is 293 g/mol. The molecule has 0 bridgehead atoms. The number of piperazine rings is 1. The van der Waals surface area contributed by atoms with Gasteiger partial charge < -0.3 is 15.6 Å². The summed E-state index contributed by atoms with van der Waals surface area (Å²) in [7, 11) is 2.12. The van der Waals surface area contributed by atoms with Crippen LogP contribution in [0, 0.1) is 5.41 Å². The van der Waals surface area contributed by atoms with E-state index in [1.165, 1.54) is 32.1 Å². The first-order valence-corrected chi connectivity index (χ1v) is 8.16. The summed E-state index contributed by atoms with van der Waals surface area (Å²) < 4.78 is 5.52. The molecule has 0 aromatic carbocycles. The van der Waals surface area contributed by atoms with Gasteiger partial charge in [0, 0.05) is 26.1 Å². The zero-order valence-corrected chi connectivity index (χ0v) is 13.0. The van der Waals surface area contributed by atoms with Crippen LogP contribution in [0.2, 0.25) is 0 Å². The molecule has 2 aliphatic rings. The van der Waals surface area contributed by atoms with Crippen LogP contribution in [0.1, 0.15) is 49.9 Å². The minimum atomic E-state index is 0.179. The van der Waals surface area contributed by atoms with Crippen LogP contribution < -0.4 is 11.1 Å². The zero-order valence-electron chi connectivity index (χ0n) is 13.0. The lowest BCUT2D eigenvalue weighted by atomic mass is 9.72. The fraction of sp³-hybridized carbons (Fsp3) is 0.867. The third kappa shape index (κ3) is 3.27. The van der Waals surface area contributed by atoms with Crippen LogP contribution in [-0.4, -0.2) is 48.3 Å². The summed E-state index contributed by atoms with van der Waals surface area (Å²) >= 11 is 0. The van der Waals surface area contributed by atoms with Crippen molar-refractivity contribution >= 4 is 0 Å². The van der Waals surface area contributed by atoms with Crippen molar-refractivity contribution < 1.29 is 4.52 Å². The maximum Gasteiger partial charge on any atom is 0.227 e. The maximum absolute atomic E-state index is 6.05. The van der Waals surface area contributed by atoms with E-state index in [0.717, 1.165) is 44.3 Å². The summed E-state index contributed by atoms with van der Waals surface area (Å²) in [6.45, 7) is 3.64. The normalized spacial score (nSPS) is 26.9. The van der Waals surface area contributed by atoms with Gasteiger partial charge in [-0.3, -0.25) is 4.90 Å². The number of rotatable bonds is 4. The van der Waals surface area contributed by atoms with Gasteiger partial charge in [-0.05, 0) is 31.8 Å². The van der Waals surface area contributed by atoms with E-state index in [1.807, 2.05) is 0 Å². The standard InChI is InChI=1S/C15H27N5O/c1-20-8-7-17-10-12(20)14-18-13(21-19-14)9-15(11-16)5-3-2-4-6-15/h12,17H,2-11,16H2,1H3. The molecule has 1 saturated carbocycles. The Hall–Kier alpha value is -0.980. The Morgan fingerprint density at radius 3 is 2.90 bits per heavy atom. The number of nitrogens with two attached hydrogens (primary N) is 1. The Balaban J connectivity index is 1.69. The molecule has 3 N–H and O–H groups in total. The molecule has 21 heavy (non-hydrogen) atoms. The predicted octanol–water partition coefficient (Wildman–Crippen LogP) is 1.10. The summed E-state index contributed by atoms with van der Waals surface area (Å²) in [4.78, 5) is 6.94. The third-order valence-corrected chi connectivity index (χ3v) is 5.17. The van der Waals surface area contributed by atoms with E-state index in [-0.39, 0.29) is 11.5 Å². The van der Waals surface area contributed by atoms with E-state index in [0.29, 0.717) is 0 Å². The Labute approximate surface area is 126 Å². The van der Waals surface area contributed by atoms with Gasteiger partial charge in [-0.15, -0.1) is 0 Å². The van der Waals surface area contributed by atoms with Gasteiger partial charge in [0.2, 0.25) is 5.89 Å². The molecule has 2 fully saturated rings. The summed E-state index contributed by atoms with van der Waals surface area (Å²) in [5.41, 5.74) is 6.23. The van der Waals surface area contributed by atoms with E-state index in [2.05, 4.69) is 27.4 Å². The molecule has 2 heterocycles. The van der Waals surface area contributed by atoms with Crippen LogP contribution in [0.25, 0.3) is 0 Å². The van der Waals surface area contributed by atoms with Crippen molar-refractivity contribution in [3.05, 3.63) is 11.7 Å². The molecule has 1 aromatic rings. The lowest BCUT2D eigenvalue weighted by Crippen LogP contribution is -2.44. The van der Waals surface area contributed by atoms with Crippen molar-refractivity contribution in [2.45, 2.75) is 44.6 Å². The van der Waals surface area contributed by atoms with Gasteiger partial charge in [-0.25, -0.2) is 0 Å². The van der Waals surface area contributed by atoms with E-state index in [4.69, 9.17) is 10.3 Å². The second kappa shape index (κ2) is 6.42. The van der Waals surface area contributed by atoms with Crippen LogP contribution in [0.3, 0.4) is 0 Å². The molecule has 6 heteroatoms. The zero-order chi connectivity index (χ0) is 14.7. The van der Waals surface area contributed by atoms with Gasteiger partial charge in [0.25, 0.3) is 0 Å². The molecule has 1 aliphatic carbocycles. The number of nitrogens with one attached hydrogen (secondary N) is 1. The van der Waals surface area contributed by atoms with Crippen molar-refractivity contribution in [3.63, 3.8) is 0 Å². The summed E-state index contributed by atoms with van der Waals surface area (Å²) in [6.07, 6.45) is 7.08. The largest absolute Gasteiger partial charge is 0.339 e. The van der Waals surface area contributed by atoms with Gasteiger partial charge in [0.05, 0.1) is 6.04 Å². The maximum atomic E-state index is 6.05. The molecule has 1 aliphatic heterocycles. The van der Waals surface area contributed by atoms with E-state index < -0.39 is 0 Å². The van der Waals surface area contributed by atoms with Gasteiger partial charge in [-0.2, -0.15) is 4.98 Å². The quantitative estimate of drug-likeness (QED) is 0.865. The number of nitrogens with zero attached hydrogens (tertiary/aromatic N) is 3. The topological polar surface area (TPSA) is 80.2 Å². The molecule has 0 radical (unpaired) electrons. The molecule has 0 spiro atoms. The van der Waals surface area contributed by atoms with Crippen LogP contribution in [0.15, 0.2) is 4.52 Å². The number of likely N-dealkylation sites (N-methyl/N-ethyl adjacent to an activating group) is 1. The highest BCUT2D eigenvalue weighted by molar-refractivity contribution is 5.00. The Morgan fingerprint density at radius 1 is 1.38 bits per heavy atom. The molecule has 118 valence electrons. The van der Waals surface area contributed by atoms with Crippen molar-refractivity contribution in [1.82, 2.24) is 20.4 Å². The molecule has 3 rings (SSSR count). The first kappa shape index (κ1) is 14.9. The third-order valence-electron chi connectivity index (χ3n) is 5.17. The van der Waals surface area contributed by atoms with E-state index in [9.17, 15) is 0 Å².